The summed E-state index contributed by atoms with van der Waals surface area (Å²) in [6.07, 6.45) is 0. The van der Waals surface area contributed by atoms with Gasteiger partial charge in [-0.05, 0) is 74.5 Å². The minimum absolute atomic E-state index is 0.186. The molecule has 7 heteroatoms. The minimum atomic E-state index is -0.392. The van der Waals surface area contributed by atoms with Gasteiger partial charge in [-0.2, -0.15) is 0 Å². The van der Waals surface area contributed by atoms with E-state index in [2.05, 4.69) is 20.5 Å². The first kappa shape index (κ1) is 24.0. The van der Waals surface area contributed by atoms with Gasteiger partial charge in [-0.1, -0.05) is 39.7 Å². The highest BCUT2D eigenvalue weighted by atomic mass is 79.9. The molecule has 0 spiro atoms. The zero-order valence-corrected chi connectivity index (χ0v) is 21.0. The Labute approximate surface area is 211 Å². The van der Waals surface area contributed by atoms with Crippen LogP contribution in [0.25, 0.3) is 16.9 Å². The number of carbonyl (C=O) groups excluding carboxylic acids is 1. The first-order valence-corrected chi connectivity index (χ1v) is 11.9. The first-order chi connectivity index (χ1) is 16.4. The van der Waals surface area contributed by atoms with Crippen LogP contribution >= 0.6 is 27.5 Å². The highest BCUT2D eigenvalue weighted by Gasteiger charge is 2.17. The van der Waals surface area contributed by atoms with E-state index < -0.39 is 5.82 Å². The van der Waals surface area contributed by atoms with Crippen LogP contribution in [0, 0.1) is 12.7 Å². The van der Waals surface area contributed by atoms with Crippen LogP contribution in [0.4, 0.5) is 4.39 Å². The number of carbonyl (C=O) groups is 1. The molecule has 4 aromatic rings. The first-order valence-electron chi connectivity index (χ1n) is 10.7. The predicted octanol–water partition coefficient (Wildman–Crippen LogP) is 7.76. The number of esters is 1. The number of rotatable bonds is 7. The van der Waals surface area contributed by atoms with E-state index in [4.69, 9.17) is 21.1 Å². The highest BCUT2D eigenvalue weighted by Crippen LogP contribution is 2.36. The standard InChI is InChI=1S/C27H22BrClFNO3/c1-3-33-27(32)18-5-4-6-22(13-18)31-17(2)7-11-25(31)23-14-20(28)9-12-26(23)34-16-19-8-10-21(30)15-24(19)29/h4-15H,3,16H2,1-2H3. The van der Waals surface area contributed by atoms with Crippen molar-refractivity contribution in [3.8, 4) is 22.7 Å². The molecule has 4 nitrogen and oxygen atoms in total. The lowest BCUT2D eigenvalue weighted by Gasteiger charge is -2.17. The average molecular weight is 543 g/mol. The van der Waals surface area contributed by atoms with E-state index in [0.717, 1.165) is 27.1 Å². The minimum Gasteiger partial charge on any atom is -0.488 e. The second kappa shape index (κ2) is 10.5. The molecule has 0 bridgehead atoms. The van der Waals surface area contributed by atoms with Gasteiger partial charge in [0.2, 0.25) is 0 Å². The second-order valence-corrected chi connectivity index (χ2v) is 8.95. The number of halogens is 3. The van der Waals surface area contributed by atoms with Gasteiger partial charge in [0.25, 0.3) is 0 Å². The van der Waals surface area contributed by atoms with E-state index in [0.29, 0.717) is 28.5 Å². The maximum atomic E-state index is 13.4. The lowest BCUT2D eigenvalue weighted by molar-refractivity contribution is 0.0526. The van der Waals surface area contributed by atoms with Crippen LogP contribution in [0.2, 0.25) is 5.02 Å². The van der Waals surface area contributed by atoms with E-state index in [9.17, 15) is 9.18 Å². The van der Waals surface area contributed by atoms with E-state index in [1.165, 1.54) is 12.1 Å². The molecule has 0 N–H and O–H groups in total. The second-order valence-electron chi connectivity index (χ2n) is 7.63. The number of hydrogen-bond donors (Lipinski definition) is 0. The molecule has 0 aliphatic heterocycles. The van der Waals surface area contributed by atoms with Crippen LogP contribution in [0.15, 0.2) is 77.3 Å². The van der Waals surface area contributed by atoms with Gasteiger partial charge in [0.05, 0.1) is 22.9 Å². The fourth-order valence-electron chi connectivity index (χ4n) is 3.70. The lowest BCUT2D eigenvalue weighted by atomic mass is 10.1. The normalized spacial score (nSPS) is 10.9. The summed E-state index contributed by atoms with van der Waals surface area (Å²) in [6, 6.07) is 21.3. The molecule has 0 aliphatic rings. The van der Waals surface area contributed by atoms with Gasteiger partial charge in [0.15, 0.2) is 0 Å². The molecule has 3 aromatic carbocycles. The van der Waals surface area contributed by atoms with Crippen molar-refractivity contribution in [2.24, 2.45) is 0 Å². The molecule has 4 rings (SSSR count). The Morgan fingerprint density at radius 1 is 1.06 bits per heavy atom. The summed E-state index contributed by atoms with van der Waals surface area (Å²) < 4.78 is 27.6. The number of hydrogen-bond acceptors (Lipinski definition) is 3. The van der Waals surface area contributed by atoms with Gasteiger partial charge in [-0.15, -0.1) is 0 Å². The molecule has 0 radical (unpaired) electrons. The zero-order chi connectivity index (χ0) is 24.2. The third-order valence-corrected chi connectivity index (χ3v) is 6.15. The van der Waals surface area contributed by atoms with Gasteiger partial charge in [-0.25, -0.2) is 9.18 Å². The van der Waals surface area contributed by atoms with Crippen molar-refractivity contribution in [2.75, 3.05) is 6.61 Å². The predicted molar refractivity (Wildman–Crippen MR) is 135 cm³/mol. The molecule has 0 unspecified atom stereocenters. The van der Waals surface area contributed by atoms with E-state index in [1.807, 2.05) is 55.5 Å². The Balaban J connectivity index is 1.73. The Hall–Kier alpha value is -3.09. The molecule has 1 aromatic heterocycles. The molecule has 1 heterocycles. The van der Waals surface area contributed by atoms with Crippen molar-refractivity contribution in [2.45, 2.75) is 20.5 Å². The van der Waals surface area contributed by atoms with Gasteiger partial charge < -0.3 is 14.0 Å². The Kier molecular flexibility index (Phi) is 7.39. The van der Waals surface area contributed by atoms with Gasteiger partial charge in [0.1, 0.15) is 18.2 Å². The van der Waals surface area contributed by atoms with Gasteiger partial charge in [0, 0.05) is 27.0 Å². The van der Waals surface area contributed by atoms with Crippen molar-refractivity contribution in [1.29, 1.82) is 0 Å². The number of aryl methyl sites for hydroxylation is 1. The highest BCUT2D eigenvalue weighted by molar-refractivity contribution is 9.10. The smallest absolute Gasteiger partial charge is 0.338 e. The monoisotopic (exact) mass is 541 g/mol. The molecule has 34 heavy (non-hydrogen) atoms. The van der Waals surface area contributed by atoms with Crippen molar-refractivity contribution in [3.63, 3.8) is 0 Å². The molecule has 0 atom stereocenters. The topological polar surface area (TPSA) is 40.5 Å². The molecular formula is C27H22BrClFNO3. The SMILES string of the molecule is CCOC(=O)c1cccc(-n2c(C)ccc2-c2cc(Br)ccc2OCc2ccc(F)cc2Cl)c1. The third-order valence-electron chi connectivity index (χ3n) is 5.31. The average Bonchev–Trinajstić information content (AvgIpc) is 3.20. The molecule has 0 amide bonds. The van der Waals surface area contributed by atoms with Gasteiger partial charge in [-0.3, -0.25) is 0 Å². The molecule has 0 fully saturated rings. The molecule has 0 saturated heterocycles. The van der Waals surface area contributed by atoms with Crippen LogP contribution in [0.3, 0.4) is 0 Å². The summed E-state index contributed by atoms with van der Waals surface area (Å²) in [5.74, 6) is -0.112. The van der Waals surface area contributed by atoms with Crippen LogP contribution in [0.5, 0.6) is 5.75 Å². The van der Waals surface area contributed by atoms with Crippen LogP contribution in [-0.4, -0.2) is 17.1 Å². The molecule has 0 saturated carbocycles. The molecular weight excluding hydrogens is 521 g/mol. The zero-order valence-electron chi connectivity index (χ0n) is 18.6. The maximum absolute atomic E-state index is 13.4. The summed E-state index contributed by atoms with van der Waals surface area (Å²) in [4.78, 5) is 12.3. The quantitative estimate of drug-likeness (QED) is 0.224. The fourth-order valence-corrected chi connectivity index (χ4v) is 4.28. The number of ether oxygens (including phenoxy) is 2. The van der Waals surface area contributed by atoms with Crippen LogP contribution in [0.1, 0.15) is 28.5 Å². The number of benzene rings is 3. The van der Waals surface area contributed by atoms with Gasteiger partial charge >= 0.3 is 5.97 Å². The summed E-state index contributed by atoms with van der Waals surface area (Å²) >= 11 is 9.74. The summed E-state index contributed by atoms with van der Waals surface area (Å²) in [5.41, 5.74) is 4.72. The van der Waals surface area contributed by atoms with E-state index in [1.54, 1.807) is 19.1 Å². The Bertz CT molecular complexity index is 1350. The Morgan fingerprint density at radius 3 is 2.65 bits per heavy atom. The summed E-state index contributed by atoms with van der Waals surface area (Å²) in [6.45, 7) is 4.28. The lowest BCUT2D eigenvalue weighted by Crippen LogP contribution is -2.07. The summed E-state index contributed by atoms with van der Waals surface area (Å²) in [5, 5.41) is 0.314. The van der Waals surface area contributed by atoms with Crippen molar-refractivity contribution in [3.05, 3.63) is 105 Å². The van der Waals surface area contributed by atoms with Crippen LogP contribution in [-0.2, 0) is 11.3 Å². The largest absolute Gasteiger partial charge is 0.488 e. The Morgan fingerprint density at radius 2 is 1.88 bits per heavy atom. The molecule has 0 aliphatic carbocycles. The summed E-state index contributed by atoms with van der Waals surface area (Å²) in [7, 11) is 0. The van der Waals surface area contributed by atoms with Crippen LogP contribution < -0.4 is 4.74 Å². The number of nitrogens with zero attached hydrogens (tertiary/aromatic N) is 1. The number of aromatic nitrogens is 1. The third kappa shape index (κ3) is 5.18. The van der Waals surface area contributed by atoms with E-state index >= 15 is 0 Å². The van der Waals surface area contributed by atoms with Crippen molar-refractivity contribution < 1.29 is 18.7 Å². The van der Waals surface area contributed by atoms with Crippen molar-refractivity contribution >= 4 is 33.5 Å². The maximum Gasteiger partial charge on any atom is 0.338 e. The van der Waals surface area contributed by atoms with E-state index in [-0.39, 0.29) is 12.6 Å². The molecule has 174 valence electrons. The van der Waals surface area contributed by atoms with Crippen molar-refractivity contribution in [1.82, 2.24) is 4.57 Å². The fraction of sp³-hybridized carbons (Fsp3) is 0.148.